The molecule has 32 heavy (non-hydrogen) atoms. The molecule has 2 aromatic carbocycles. The van der Waals surface area contributed by atoms with Crippen molar-refractivity contribution in [1.82, 2.24) is 4.90 Å². The van der Waals surface area contributed by atoms with E-state index in [1.165, 1.54) is 25.3 Å². The van der Waals surface area contributed by atoms with E-state index in [4.69, 9.17) is 30.9 Å². The Balaban J connectivity index is 1.70. The molecule has 1 saturated heterocycles. The molecule has 1 aliphatic heterocycles. The maximum absolute atomic E-state index is 12.7. The fourth-order valence-electron chi connectivity index (χ4n) is 2.90. The lowest BCUT2D eigenvalue weighted by Crippen LogP contribution is -2.32. The Morgan fingerprint density at radius 3 is 2.69 bits per heavy atom. The number of hydrogen-bond donors (Lipinski definition) is 1. The van der Waals surface area contributed by atoms with Crippen molar-refractivity contribution >= 4 is 46.6 Å². The fourth-order valence-corrected chi connectivity index (χ4v) is 4.04. The molecule has 2 amide bonds. The first-order valence-electron chi connectivity index (χ1n) is 9.45. The van der Waals surface area contributed by atoms with E-state index in [-0.39, 0.29) is 34.6 Å². The summed E-state index contributed by atoms with van der Waals surface area (Å²) in [5.74, 6) is -0.647. The van der Waals surface area contributed by atoms with Crippen molar-refractivity contribution in [3.63, 3.8) is 0 Å². The van der Waals surface area contributed by atoms with Gasteiger partial charge >= 0.3 is 5.97 Å². The monoisotopic (exact) mass is 477 g/mol. The summed E-state index contributed by atoms with van der Waals surface area (Å²) in [4.78, 5) is 37.1. The highest BCUT2D eigenvalue weighted by atomic mass is 35.5. The van der Waals surface area contributed by atoms with Crippen molar-refractivity contribution in [3.05, 3.63) is 57.5 Å². The van der Waals surface area contributed by atoms with E-state index in [9.17, 15) is 14.4 Å². The van der Waals surface area contributed by atoms with Crippen LogP contribution < -0.4 is 14.2 Å². The molecule has 0 bridgehead atoms. The minimum Gasteiger partial charge on any atom is -0.493 e. The molecule has 3 rings (SSSR count). The van der Waals surface area contributed by atoms with Gasteiger partial charge in [0.15, 0.2) is 18.1 Å². The van der Waals surface area contributed by atoms with E-state index in [0.29, 0.717) is 11.3 Å². The summed E-state index contributed by atoms with van der Waals surface area (Å²) in [7, 11) is 1.38. The Morgan fingerprint density at radius 1 is 1.22 bits per heavy atom. The van der Waals surface area contributed by atoms with Crippen molar-refractivity contribution in [1.29, 1.82) is 0 Å². The quantitative estimate of drug-likeness (QED) is 0.535. The van der Waals surface area contributed by atoms with Gasteiger partial charge in [-0.1, -0.05) is 23.7 Å². The van der Waals surface area contributed by atoms with Gasteiger partial charge in [-0.3, -0.25) is 14.5 Å². The van der Waals surface area contributed by atoms with Crippen LogP contribution >= 0.6 is 23.4 Å². The van der Waals surface area contributed by atoms with Crippen LogP contribution in [0.1, 0.15) is 11.1 Å². The predicted molar refractivity (Wildman–Crippen MR) is 120 cm³/mol. The van der Waals surface area contributed by atoms with Gasteiger partial charge in [0.05, 0.1) is 23.6 Å². The van der Waals surface area contributed by atoms with Crippen molar-refractivity contribution in [2.24, 2.45) is 0 Å². The number of methoxy groups -OCH3 is 1. The van der Waals surface area contributed by atoms with Gasteiger partial charge in [0.2, 0.25) is 0 Å². The lowest BCUT2D eigenvalue weighted by atomic mass is 10.1. The van der Waals surface area contributed by atoms with E-state index < -0.39 is 23.7 Å². The number of thioether (sulfide) groups is 1. The third-order valence-corrected chi connectivity index (χ3v) is 5.52. The summed E-state index contributed by atoms with van der Waals surface area (Å²) in [5.41, 5.74) is 1.54. The second-order valence-corrected chi connectivity index (χ2v) is 8.12. The largest absolute Gasteiger partial charge is 0.493 e. The van der Waals surface area contributed by atoms with Gasteiger partial charge in [-0.2, -0.15) is 0 Å². The van der Waals surface area contributed by atoms with Crippen LogP contribution in [0.3, 0.4) is 0 Å². The molecule has 1 heterocycles. The fraction of sp³-hybridized carbons (Fsp3) is 0.227. The normalized spacial score (nSPS) is 14.7. The number of aliphatic carboxylic acids is 1. The Labute approximate surface area is 193 Å². The number of aryl methyl sites for hydroxylation is 1. The third kappa shape index (κ3) is 5.74. The maximum Gasteiger partial charge on any atom is 0.341 e. The molecule has 1 aliphatic rings. The minimum absolute atomic E-state index is 0.0788. The number of benzene rings is 2. The number of carbonyl (C=O) groups is 3. The van der Waals surface area contributed by atoms with Crippen molar-refractivity contribution in [3.8, 4) is 17.2 Å². The highest BCUT2D eigenvalue weighted by molar-refractivity contribution is 8.18. The highest BCUT2D eigenvalue weighted by Gasteiger charge is 2.35. The molecule has 10 heteroatoms. The Kier molecular flexibility index (Phi) is 7.66. The molecule has 168 valence electrons. The molecule has 0 aliphatic carbocycles. The summed E-state index contributed by atoms with van der Waals surface area (Å²) >= 11 is 7.01. The third-order valence-electron chi connectivity index (χ3n) is 4.34. The average molecular weight is 478 g/mol. The van der Waals surface area contributed by atoms with E-state index in [1.807, 2.05) is 31.2 Å². The molecule has 0 radical (unpaired) electrons. The van der Waals surface area contributed by atoms with Crippen LogP contribution in [-0.4, -0.2) is 54.0 Å². The molecule has 0 spiro atoms. The number of ether oxygens (including phenoxy) is 3. The molecular weight excluding hydrogens is 458 g/mol. The zero-order valence-electron chi connectivity index (χ0n) is 17.3. The number of carbonyl (C=O) groups excluding carboxylic acids is 2. The molecule has 0 aromatic heterocycles. The molecule has 0 unspecified atom stereocenters. The van der Waals surface area contributed by atoms with Gasteiger partial charge in [0, 0.05) is 0 Å². The SMILES string of the molecule is COc1cc(/C=C2\SC(=O)N(CCOc3cccc(C)c3)C2=O)cc(Cl)c1OCC(=O)O. The molecule has 0 saturated carbocycles. The summed E-state index contributed by atoms with van der Waals surface area (Å²) in [6.07, 6.45) is 1.52. The zero-order valence-corrected chi connectivity index (χ0v) is 18.9. The van der Waals surface area contributed by atoms with E-state index in [2.05, 4.69) is 0 Å². The zero-order chi connectivity index (χ0) is 23.3. The maximum atomic E-state index is 12.7. The number of halogens is 1. The topological polar surface area (TPSA) is 102 Å². The molecule has 8 nitrogen and oxygen atoms in total. The summed E-state index contributed by atoms with van der Waals surface area (Å²) in [5, 5.41) is 8.51. The van der Waals surface area contributed by atoms with E-state index in [0.717, 1.165) is 22.2 Å². The predicted octanol–water partition coefficient (Wildman–Crippen LogP) is 4.24. The number of imide groups is 1. The van der Waals surface area contributed by atoms with Crippen LogP contribution in [-0.2, 0) is 9.59 Å². The van der Waals surface area contributed by atoms with E-state index in [1.54, 1.807) is 0 Å². The number of rotatable bonds is 9. The molecular formula is C22H20ClNO7S. The molecule has 2 aromatic rings. The molecule has 1 fully saturated rings. The highest BCUT2D eigenvalue weighted by Crippen LogP contribution is 2.39. The van der Waals surface area contributed by atoms with Crippen LogP contribution in [0, 0.1) is 6.92 Å². The Morgan fingerprint density at radius 2 is 2.00 bits per heavy atom. The smallest absolute Gasteiger partial charge is 0.341 e. The van der Waals surface area contributed by atoms with Crippen LogP contribution in [0.25, 0.3) is 6.08 Å². The van der Waals surface area contributed by atoms with Gasteiger partial charge in [-0.05, 0) is 60.2 Å². The standard InChI is InChI=1S/C22H20ClNO7S/c1-13-4-3-5-15(8-13)30-7-6-24-21(27)18(32-22(24)28)11-14-9-16(23)20(17(10-14)29-2)31-12-19(25)26/h3-5,8-11H,6-7,12H2,1-2H3,(H,25,26)/b18-11-. The lowest BCUT2D eigenvalue weighted by Gasteiger charge is -2.13. The van der Waals surface area contributed by atoms with E-state index >= 15 is 0 Å². The lowest BCUT2D eigenvalue weighted by molar-refractivity contribution is -0.139. The average Bonchev–Trinajstić information content (AvgIpc) is 2.99. The van der Waals surface area contributed by atoms with Gasteiger partial charge in [-0.25, -0.2) is 4.79 Å². The van der Waals surface area contributed by atoms with Gasteiger partial charge < -0.3 is 19.3 Å². The van der Waals surface area contributed by atoms with Crippen molar-refractivity contribution in [2.45, 2.75) is 6.92 Å². The van der Waals surface area contributed by atoms with Gasteiger partial charge in [0.25, 0.3) is 11.1 Å². The first-order chi connectivity index (χ1) is 15.3. The van der Waals surface area contributed by atoms with Crippen LogP contribution in [0.5, 0.6) is 17.2 Å². The second kappa shape index (κ2) is 10.4. The van der Waals surface area contributed by atoms with Gasteiger partial charge in [-0.15, -0.1) is 0 Å². The minimum atomic E-state index is -1.16. The number of nitrogens with zero attached hydrogens (tertiary/aromatic N) is 1. The van der Waals surface area contributed by atoms with Gasteiger partial charge in [0.1, 0.15) is 12.4 Å². The number of amides is 2. The van der Waals surface area contributed by atoms with Crippen molar-refractivity contribution in [2.75, 3.05) is 26.9 Å². The van der Waals surface area contributed by atoms with Crippen LogP contribution in [0.4, 0.5) is 4.79 Å². The molecule has 1 N–H and O–H groups in total. The summed E-state index contributed by atoms with van der Waals surface area (Å²) in [6.45, 7) is 1.64. The number of carboxylic acids is 1. The molecule has 0 atom stereocenters. The summed E-state index contributed by atoms with van der Waals surface area (Å²) < 4.78 is 16.0. The summed E-state index contributed by atoms with van der Waals surface area (Å²) in [6, 6.07) is 10.5. The second-order valence-electron chi connectivity index (χ2n) is 6.71. The first-order valence-corrected chi connectivity index (χ1v) is 10.6. The first kappa shape index (κ1) is 23.5. The Bertz CT molecular complexity index is 1090. The number of hydrogen-bond acceptors (Lipinski definition) is 7. The van der Waals surface area contributed by atoms with Crippen LogP contribution in [0.15, 0.2) is 41.3 Å². The number of carboxylic acid groups (broad SMARTS) is 1. The van der Waals surface area contributed by atoms with Crippen LogP contribution in [0.2, 0.25) is 5.02 Å². The van der Waals surface area contributed by atoms with Crippen molar-refractivity contribution < 1.29 is 33.7 Å². The Hall–Kier alpha value is -3.17.